The maximum Gasteiger partial charge on any atom is 0.346 e. The van der Waals surface area contributed by atoms with Crippen LogP contribution in [-0.2, 0) is 24.4 Å². The second-order valence-electron chi connectivity index (χ2n) is 5.69. The van der Waals surface area contributed by atoms with Crippen molar-refractivity contribution in [3.05, 3.63) is 51.4 Å². The first-order valence-electron chi connectivity index (χ1n) is 7.36. The van der Waals surface area contributed by atoms with Crippen LogP contribution in [0.4, 0.5) is 4.39 Å². The number of amides is 1. The summed E-state index contributed by atoms with van der Waals surface area (Å²) in [5.41, 5.74) is 0.302. The number of nitrogens with one attached hydrogen (secondary N) is 1. The van der Waals surface area contributed by atoms with Gasteiger partial charge in [0.25, 0.3) is 0 Å². The van der Waals surface area contributed by atoms with E-state index in [0.29, 0.717) is 18.0 Å². The lowest BCUT2D eigenvalue weighted by Crippen LogP contribution is -2.33. The molecule has 1 N–H and O–H groups in total. The molecule has 0 spiro atoms. The SMILES string of the molecule is O=C(Cn1ncn(CC2CC2)c1=O)NCc1ccc(Cl)c(F)c1. The predicted octanol–water partition coefficient (Wildman–Crippen LogP) is 1.56. The topological polar surface area (TPSA) is 68.9 Å². The molecule has 0 aliphatic heterocycles. The molecule has 0 bridgehead atoms. The van der Waals surface area contributed by atoms with Gasteiger partial charge in [-0.05, 0) is 36.5 Å². The van der Waals surface area contributed by atoms with Crippen LogP contribution in [0.3, 0.4) is 0 Å². The van der Waals surface area contributed by atoms with Crippen LogP contribution in [0, 0.1) is 11.7 Å². The molecule has 1 aromatic heterocycles. The molecule has 1 fully saturated rings. The van der Waals surface area contributed by atoms with Gasteiger partial charge < -0.3 is 5.32 Å². The smallest absolute Gasteiger partial charge is 0.346 e. The highest BCUT2D eigenvalue weighted by Gasteiger charge is 2.23. The maximum atomic E-state index is 13.3. The van der Waals surface area contributed by atoms with Gasteiger partial charge in [-0.2, -0.15) is 5.10 Å². The minimum atomic E-state index is -0.534. The molecule has 23 heavy (non-hydrogen) atoms. The van der Waals surface area contributed by atoms with E-state index >= 15 is 0 Å². The number of nitrogens with zero attached hydrogens (tertiary/aromatic N) is 3. The van der Waals surface area contributed by atoms with Gasteiger partial charge in [0.05, 0.1) is 5.02 Å². The number of aromatic nitrogens is 3. The summed E-state index contributed by atoms with van der Waals surface area (Å²) in [5, 5.41) is 6.61. The third-order valence-corrected chi connectivity index (χ3v) is 4.02. The zero-order chi connectivity index (χ0) is 16.4. The van der Waals surface area contributed by atoms with Gasteiger partial charge in [-0.15, -0.1) is 0 Å². The molecule has 1 aliphatic rings. The molecule has 1 aromatic carbocycles. The molecule has 1 aliphatic carbocycles. The maximum absolute atomic E-state index is 13.3. The van der Waals surface area contributed by atoms with Gasteiger partial charge in [-0.3, -0.25) is 9.36 Å². The minimum Gasteiger partial charge on any atom is -0.350 e. The summed E-state index contributed by atoms with van der Waals surface area (Å²) in [6, 6.07) is 4.32. The first kappa shape index (κ1) is 15.7. The number of carbonyl (C=O) groups excluding carboxylic acids is 1. The summed E-state index contributed by atoms with van der Waals surface area (Å²) in [6.07, 6.45) is 3.73. The Labute approximate surface area is 136 Å². The van der Waals surface area contributed by atoms with E-state index in [4.69, 9.17) is 11.6 Å². The van der Waals surface area contributed by atoms with E-state index in [1.165, 1.54) is 23.0 Å². The fourth-order valence-corrected chi connectivity index (χ4v) is 2.34. The van der Waals surface area contributed by atoms with Crippen molar-refractivity contribution in [3.63, 3.8) is 0 Å². The summed E-state index contributed by atoms with van der Waals surface area (Å²) >= 11 is 5.60. The number of hydrogen-bond acceptors (Lipinski definition) is 3. The van der Waals surface area contributed by atoms with Crippen molar-refractivity contribution in [1.82, 2.24) is 19.7 Å². The van der Waals surface area contributed by atoms with Crippen LogP contribution in [0.5, 0.6) is 0 Å². The van der Waals surface area contributed by atoms with Crippen LogP contribution in [0.1, 0.15) is 18.4 Å². The minimum absolute atomic E-state index is 0.0350. The second kappa shape index (κ2) is 6.54. The molecule has 1 heterocycles. The van der Waals surface area contributed by atoms with Crippen molar-refractivity contribution in [2.24, 2.45) is 5.92 Å². The van der Waals surface area contributed by atoms with E-state index in [1.54, 1.807) is 6.07 Å². The molecule has 2 aromatic rings. The molecule has 122 valence electrons. The molecule has 0 unspecified atom stereocenters. The highest BCUT2D eigenvalue weighted by molar-refractivity contribution is 6.30. The number of rotatable bonds is 6. The third-order valence-electron chi connectivity index (χ3n) is 3.72. The molecule has 6 nitrogen and oxygen atoms in total. The molecular weight excluding hydrogens is 323 g/mol. The van der Waals surface area contributed by atoms with Crippen molar-refractivity contribution in [1.29, 1.82) is 0 Å². The molecule has 0 radical (unpaired) electrons. The number of hydrogen-bond donors (Lipinski definition) is 1. The first-order valence-corrected chi connectivity index (χ1v) is 7.73. The molecule has 1 saturated carbocycles. The molecule has 3 rings (SSSR count). The predicted molar refractivity (Wildman–Crippen MR) is 82.5 cm³/mol. The average molecular weight is 339 g/mol. The Morgan fingerprint density at radius 1 is 1.43 bits per heavy atom. The van der Waals surface area contributed by atoms with Gasteiger partial charge >= 0.3 is 5.69 Å². The number of carbonyl (C=O) groups is 1. The molecule has 0 atom stereocenters. The summed E-state index contributed by atoms with van der Waals surface area (Å²) in [5.74, 6) is -0.341. The van der Waals surface area contributed by atoms with Gasteiger partial charge in [0.2, 0.25) is 5.91 Å². The fraction of sp³-hybridized carbons (Fsp3) is 0.400. The van der Waals surface area contributed by atoms with Gasteiger partial charge in [0.1, 0.15) is 18.7 Å². The highest BCUT2D eigenvalue weighted by atomic mass is 35.5. The van der Waals surface area contributed by atoms with E-state index in [-0.39, 0.29) is 29.7 Å². The standard InChI is InChI=1S/C15H16ClFN4O2/c16-12-4-3-11(5-13(12)17)6-18-14(22)8-21-15(23)20(9-19-21)7-10-1-2-10/h3-5,9-10H,1-2,6-8H2,(H,18,22). The lowest BCUT2D eigenvalue weighted by Gasteiger charge is -2.06. The second-order valence-corrected chi connectivity index (χ2v) is 6.10. The van der Waals surface area contributed by atoms with Crippen LogP contribution in [0.15, 0.2) is 29.3 Å². The Bertz CT molecular complexity index is 782. The van der Waals surface area contributed by atoms with Crippen LogP contribution in [-0.4, -0.2) is 20.3 Å². The van der Waals surface area contributed by atoms with Gasteiger partial charge in [0, 0.05) is 13.1 Å². The summed E-state index contributed by atoms with van der Waals surface area (Å²) < 4.78 is 16.0. The summed E-state index contributed by atoms with van der Waals surface area (Å²) in [7, 11) is 0. The van der Waals surface area contributed by atoms with Crippen molar-refractivity contribution < 1.29 is 9.18 Å². The van der Waals surface area contributed by atoms with E-state index in [0.717, 1.165) is 17.5 Å². The van der Waals surface area contributed by atoms with E-state index in [9.17, 15) is 14.0 Å². The Hall–Kier alpha value is -2.15. The van der Waals surface area contributed by atoms with E-state index in [1.807, 2.05) is 0 Å². The van der Waals surface area contributed by atoms with Crippen molar-refractivity contribution in [3.8, 4) is 0 Å². The Kier molecular flexibility index (Phi) is 4.47. The monoisotopic (exact) mass is 338 g/mol. The van der Waals surface area contributed by atoms with Crippen molar-refractivity contribution in [2.45, 2.75) is 32.5 Å². The van der Waals surface area contributed by atoms with Crippen LogP contribution in [0.25, 0.3) is 0 Å². The van der Waals surface area contributed by atoms with Crippen LogP contribution in [0.2, 0.25) is 5.02 Å². The van der Waals surface area contributed by atoms with Crippen LogP contribution < -0.4 is 11.0 Å². The normalized spacial score (nSPS) is 14.0. The quantitative estimate of drug-likeness (QED) is 0.869. The van der Waals surface area contributed by atoms with Crippen LogP contribution >= 0.6 is 11.6 Å². The van der Waals surface area contributed by atoms with Crippen molar-refractivity contribution in [2.75, 3.05) is 0 Å². The Morgan fingerprint density at radius 2 is 2.22 bits per heavy atom. The molecule has 1 amide bonds. The van der Waals surface area contributed by atoms with E-state index in [2.05, 4.69) is 10.4 Å². The van der Waals surface area contributed by atoms with Gasteiger partial charge in [-0.1, -0.05) is 17.7 Å². The Balaban J connectivity index is 1.55. The van der Waals surface area contributed by atoms with Gasteiger partial charge in [0.15, 0.2) is 0 Å². The first-order chi connectivity index (χ1) is 11.0. The molecule has 8 heteroatoms. The molecule has 0 saturated heterocycles. The fourth-order valence-electron chi connectivity index (χ4n) is 2.23. The van der Waals surface area contributed by atoms with Gasteiger partial charge in [-0.25, -0.2) is 13.9 Å². The summed E-state index contributed by atoms with van der Waals surface area (Å²) in [4.78, 5) is 23.9. The zero-order valence-electron chi connectivity index (χ0n) is 12.3. The third kappa shape index (κ3) is 3.98. The average Bonchev–Trinajstić information content (AvgIpc) is 3.28. The summed E-state index contributed by atoms with van der Waals surface area (Å²) in [6.45, 7) is 0.654. The highest BCUT2D eigenvalue weighted by Crippen LogP contribution is 2.29. The number of benzene rings is 1. The zero-order valence-corrected chi connectivity index (χ0v) is 13.1. The Morgan fingerprint density at radius 3 is 2.91 bits per heavy atom. The number of halogens is 2. The lowest BCUT2D eigenvalue weighted by molar-refractivity contribution is -0.122. The largest absolute Gasteiger partial charge is 0.350 e. The van der Waals surface area contributed by atoms with Crippen molar-refractivity contribution >= 4 is 17.5 Å². The van der Waals surface area contributed by atoms with E-state index < -0.39 is 5.82 Å². The lowest BCUT2D eigenvalue weighted by atomic mass is 10.2. The molecular formula is C15H16ClFN4O2.